The third kappa shape index (κ3) is 1.27. The molecular formula is C6H5N3O3S. The number of para-hydroxylation sites is 1. The Labute approximate surface area is 73.3 Å². The maximum absolute atomic E-state index is 10.8. The number of hydrogen-bond donors (Lipinski definition) is 2. The molecule has 0 atom stereocenters. The van der Waals surface area contributed by atoms with E-state index in [2.05, 4.69) is 15.4 Å². The van der Waals surface area contributed by atoms with Crippen LogP contribution in [0.4, 0.5) is 0 Å². The molecule has 2 aromatic rings. The minimum absolute atomic E-state index is 0.144. The van der Waals surface area contributed by atoms with E-state index < -0.39 is 10.1 Å². The van der Waals surface area contributed by atoms with Crippen molar-refractivity contribution in [1.29, 1.82) is 0 Å². The number of aromatic amines is 1. The molecule has 0 radical (unpaired) electrons. The molecule has 0 amide bonds. The van der Waals surface area contributed by atoms with Crippen molar-refractivity contribution in [3.05, 3.63) is 18.2 Å². The van der Waals surface area contributed by atoms with Crippen molar-refractivity contribution in [1.82, 2.24) is 15.4 Å². The van der Waals surface area contributed by atoms with E-state index in [0.29, 0.717) is 5.52 Å². The second kappa shape index (κ2) is 2.51. The van der Waals surface area contributed by atoms with E-state index in [1.165, 1.54) is 12.1 Å². The first-order valence-corrected chi connectivity index (χ1v) is 4.80. The molecule has 1 aromatic carbocycles. The Morgan fingerprint density at radius 3 is 2.77 bits per heavy atom. The molecule has 0 aliphatic heterocycles. The molecule has 2 N–H and O–H groups in total. The molecule has 6 nitrogen and oxygen atoms in total. The monoisotopic (exact) mass is 199 g/mol. The van der Waals surface area contributed by atoms with Gasteiger partial charge in [0.1, 0.15) is 15.9 Å². The van der Waals surface area contributed by atoms with Gasteiger partial charge in [-0.25, -0.2) is 0 Å². The molecule has 0 saturated heterocycles. The highest BCUT2D eigenvalue weighted by atomic mass is 32.2. The van der Waals surface area contributed by atoms with Gasteiger partial charge < -0.3 is 0 Å². The van der Waals surface area contributed by atoms with Gasteiger partial charge in [-0.3, -0.25) is 4.55 Å². The Balaban J connectivity index is 2.91. The van der Waals surface area contributed by atoms with Gasteiger partial charge in [0.15, 0.2) is 0 Å². The lowest BCUT2D eigenvalue weighted by molar-refractivity contribution is 0.484. The minimum Gasteiger partial charge on any atom is -0.282 e. The summed E-state index contributed by atoms with van der Waals surface area (Å²) in [6.45, 7) is 0. The second-order valence-corrected chi connectivity index (χ2v) is 3.81. The van der Waals surface area contributed by atoms with Gasteiger partial charge in [0.2, 0.25) is 0 Å². The molecule has 68 valence electrons. The molecule has 0 unspecified atom stereocenters. The highest BCUT2D eigenvalue weighted by molar-refractivity contribution is 7.86. The molecule has 0 fully saturated rings. The van der Waals surface area contributed by atoms with Crippen LogP contribution < -0.4 is 0 Å². The lowest BCUT2D eigenvalue weighted by Gasteiger charge is -1.94. The van der Waals surface area contributed by atoms with Gasteiger partial charge in [-0.2, -0.15) is 23.8 Å². The number of aromatic nitrogens is 3. The van der Waals surface area contributed by atoms with Gasteiger partial charge in [-0.05, 0) is 12.1 Å². The topological polar surface area (TPSA) is 95.9 Å². The summed E-state index contributed by atoms with van der Waals surface area (Å²) in [6, 6.07) is 4.33. The number of hydrogen-bond acceptors (Lipinski definition) is 4. The Morgan fingerprint density at radius 1 is 1.31 bits per heavy atom. The van der Waals surface area contributed by atoms with E-state index in [0.717, 1.165) is 0 Å². The van der Waals surface area contributed by atoms with Crippen LogP contribution in [-0.4, -0.2) is 28.4 Å². The molecule has 0 aliphatic carbocycles. The summed E-state index contributed by atoms with van der Waals surface area (Å²) in [4.78, 5) is -0.237. The highest BCUT2D eigenvalue weighted by Crippen LogP contribution is 2.17. The van der Waals surface area contributed by atoms with E-state index in [-0.39, 0.29) is 10.4 Å². The molecule has 13 heavy (non-hydrogen) atoms. The first-order chi connectivity index (χ1) is 6.09. The quantitative estimate of drug-likeness (QED) is 0.640. The fourth-order valence-electron chi connectivity index (χ4n) is 1.05. The molecule has 1 aromatic heterocycles. The van der Waals surface area contributed by atoms with Crippen LogP contribution in [0.2, 0.25) is 0 Å². The standard InChI is InChI=1S/C6H5N3O3S/c10-13(11,12)5-3-1-2-4-6(5)8-9-7-4/h1-3H,(H,7,8,9)(H,10,11,12). The maximum atomic E-state index is 10.8. The summed E-state index contributed by atoms with van der Waals surface area (Å²) in [6.07, 6.45) is 0. The minimum atomic E-state index is -4.22. The molecule has 0 saturated carbocycles. The number of nitrogens with zero attached hydrogens (tertiary/aromatic N) is 2. The molecule has 0 aliphatic rings. The zero-order valence-electron chi connectivity index (χ0n) is 6.30. The van der Waals surface area contributed by atoms with Crippen molar-refractivity contribution in [2.24, 2.45) is 0 Å². The number of nitrogens with one attached hydrogen (secondary N) is 1. The number of benzene rings is 1. The first-order valence-electron chi connectivity index (χ1n) is 3.36. The van der Waals surface area contributed by atoms with Crippen LogP contribution in [0.15, 0.2) is 23.1 Å². The third-order valence-electron chi connectivity index (χ3n) is 1.59. The molecule has 7 heteroatoms. The Hall–Kier alpha value is -1.47. The summed E-state index contributed by atoms with van der Waals surface area (Å²) in [5, 5.41) is 9.57. The van der Waals surface area contributed by atoms with Crippen molar-refractivity contribution >= 4 is 21.2 Å². The molecule has 0 bridgehead atoms. The fourth-order valence-corrected chi connectivity index (χ4v) is 1.70. The van der Waals surface area contributed by atoms with Crippen LogP contribution in [0.1, 0.15) is 0 Å². The SMILES string of the molecule is O=S(=O)(O)c1cccc2n[nH]nc12. The predicted molar refractivity (Wildman–Crippen MR) is 43.7 cm³/mol. The Morgan fingerprint density at radius 2 is 2.08 bits per heavy atom. The van der Waals surface area contributed by atoms with E-state index in [1.54, 1.807) is 6.07 Å². The summed E-state index contributed by atoms with van der Waals surface area (Å²) >= 11 is 0. The molecule has 2 rings (SSSR count). The second-order valence-electron chi connectivity index (χ2n) is 2.42. The summed E-state index contributed by atoms with van der Waals surface area (Å²) in [5.41, 5.74) is 0.542. The average molecular weight is 199 g/mol. The van der Waals surface area contributed by atoms with Gasteiger partial charge in [0, 0.05) is 0 Å². The van der Waals surface area contributed by atoms with Crippen molar-refractivity contribution < 1.29 is 13.0 Å². The van der Waals surface area contributed by atoms with Crippen LogP contribution in [0.5, 0.6) is 0 Å². The van der Waals surface area contributed by atoms with Crippen LogP contribution in [0.25, 0.3) is 11.0 Å². The number of fused-ring (bicyclic) bond motifs is 1. The van der Waals surface area contributed by atoms with Crippen molar-refractivity contribution in [2.45, 2.75) is 4.90 Å². The fraction of sp³-hybridized carbons (Fsp3) is 0. The van der Waals surface area contributed by atoms with Crippen molar-refractivity contribution in [3.63, 3.8) is 0 Å². The van der Waals surface area contributed by atoms with Crippen molar-refractivity contribution in [2.75, 3.05) is 0 Å². The lowest BCUT2D eigenvalue weighted by Crippen LogP contribution is -1.98. The van der Waals surface area contributed by atoms with Crippen LogP contribution in [-0.2, 0) is 10.1 Å². The maximum Gasteiger partial charge on any atom is 0.296 e. The summed E-state index contributed by atoms with van der Waals surface area (Å²) in [5.74, 6) is 0. The van der Waals surface area contributed by atoms with E-state index in [9.17, 15) is 8.42 Å². The van der Waals surface area contributed by atoms with E-state index in [1.807, 2.05) is 0 Å². The summed E-state index contributed by atoms with van der Waals surface area (Å²) < 4.78 is 30.4. The van der Waals surface area contributed by atoms with Crippen molar-refractivity contribution in [3.8, 4) is 0 Å². The number of rotatable bonds is 1. The smallest absolute Gasteiger partial charge is 0.282 e. The molecular weight excluding hydrogens is 194 g/mol. The largest absolute Gasteiger partial charge is 0.296 e. The predicted octanol–water partition coefficient (Wildman–Crippen LogP) is 0.205. The van der Waals surface area contributed by atoms with Crippen LogP contribution in [0, 0.1) is 0 Å². The van der Waals surface area contributed by atoms with Gasteiger partial charge >= 0.3 is 0 Å². The van der Waals surface area contributed by atoms with E-state index in [4.69, 9.17) is 4.55 Å². The van der Waals surface area contributed by atoms with Crippen LogP contribution in [0.3, 0.4) is 0 Å². The normalized spacial score (nSPS) is 12.1. The first kappa shape index (κ1) is 8.14. The zero-order chi connectivity index (χ0) is 9.47. The Bertz CT molecular complexity index is 545. The van der Waals surface area contributed by atoms with Crippen LogP contribution >= 0.6 is 0 Å². The van der Waals surface area contributed by atoms with Gasteiger partial charge in [-0.1, -0.05) is 6.07 Å². The molecule has 0 spiro atoms. The Kier molecular flexibility index (Phi) is 1.57. The lowest BCUT2D eigenvalue weighted by atomic mass is 10.3. The van der Waals surface area contributed by atoms with Gasteiger partial charge in [-0.15, -0.1) is 0 Å². The van der Waals surface area contributed by atoms with Gasteiger partial charge in [0.05, 0.1) is 0 Å². The highest BCUT2D eigenvalue weighted by Gasteiger charge is 2.15. The van der Waals surface area contributed by atoms with E-state index >= 15 is 0 Å². The average Bonchev–Trinajstić information content (AvgIpc) is 2.48. The van der Waals surface area contributed by atoms with Gasteiger partial charge in [0.25, 0.3) is 10.1 Å². The zero-order valence-corrected chi connectivity index (χ0v) is 7.11. The molecule has 1 heterocycles. The third-order valence-corrected chi connectivity index (χ3v) is 2.47. The summed E-state index contributed by atoms with van der Waals surface area (Å²) in [7, 11) is -4.22. The number of H-pyrrole nitrogens is 1.